The maximum absolute atomic E-state index is 13.2. The highest BCUT2D eigenvalue weighted by Crippen LogP contribution is 2.32. The molecule has 9 nitrogen and oxygen atoms in total. The molecule has 1 rings (SSSR count). The summed E-state index contributed by atoms with van der Waals surface area (Å²) < 4.78 is 55.3. The van der Waals surface area contributed by atoms with Crippen molar-refractivity contribution in [3.8, 4) is 0 Å². The van der Waals surface area contributed by atoms with Gasteiger partial charge >= 0.3 is 0 Å². The maximum atomic E-state index is 13.2. The predicted molar refractivity (Wildman–Crippen MR) is 113 cm³/mol. The number of nitrogens with one attached hydrogen (secondary N) is 1. The minimum Gasteiger partial charge on any atom is -0.394 e. The van der Waals surface area contributed by atoms with Gasteiger partial charge in [0.15, 0.2) is 0 Å². The van der Waals surface area contributed by atoms with E-state index in [1.54, 1.807) is 34.6 Å². The Labute approximate surface area is 174 Å². The molecule has 3 N–H and O–H groups in total. The lowest BCUT2D eigenvalue weighted by molar-refractivity contribution is 0.105. The molecule has 1 unspecified atom stereocenters. The van der Waals surface area contributed by atoms with Crippen LogP contribution >= 0.6 is 0 Å². The molecule has 1 aromatic rings. The van der Waals surface area contributed by atoms with Crippen LogP contribution in [-0.4, -0.2) is 81.1 Å². The van der Waals surface area contributed by atoms with Crippen LogP contribution in [0.2, 0.25) is 0 Å². The quantitative estimate of drug-likeness (QED) is 0.429. The summed E-state index contributed by atoms with van der Waals surface area (Å²) in [5.41, 5.74) is 0.890. The molecule has 0 aliphatic heterocycles. The highest BCUT2D eigenvalue weighted by atomic mass is 32.2. The monoisotopic (exact) mass is 451 g/mol. The van der Waals surface area contributed by atoms with Crippen molar-refractivity contribution < 1.29 is 27.0 Å². The molecular formula is C18H33N3O6S2. The van der Waals surface area contributed by atoms with Gasteiger partial charge in [-0.1, -0.05) is 27.7 Å². The molecule has 0 aliphatic rings. The van der Waals surface area contributed by atoms with Crippen LogP contribution in [0.5, 0.6) is 0 Å². The second kappa shape index (κ2) is 10.7. The van der Waals surface area contributed by atoms with Crippen molar-refractivity contribution in [2.75, 3.05) is 44.6 Å². The molecule has 0 saturated carbocycles. The Morgan fingerprint density at radius 2 is 1.31 bits per heavy atom. The van der Waals surface area contributed by atoms with E-state index < -0.39 is 32.8 Å². The van der Waals surface area contributed by atoms with E-state index in [9.17, 15) is 21.9 Å². The van der Waals surface area contributed by atoms with Gasteiger partial charge < -0.3 is 15.5 Å². The van der Waals surface area contributed by atoms with E-state index in [0.717, 1.165) is 0 Å². The number of hydrogen-bond acceptors (Lipinski definition) is 7. The lowest BCUT2D eigenvalue weighted by Crippen LogP contribution is -2.35. The first-order valence-corrected chi connectivity index (χ1v) is 12.6. The Hall–Kier alpha value is -1.24. The molecule has 0 spiro atoms. The Bertz CT molecular complexity index is 879. The zero-order valence-corrected chi connectivity index (χ0v) is 19.3. The molecule has 0 heterocycles. The van der Waals surface area contributed by atoms with Gasteiger partial charge in [-0.25, -0.2) is 16.8 Å². The van der Waals surface area contributed by atoms with Crippen molar-refractivity contribution in [2.45, 2.75) is 50.5 Å². The molecule has 1 atom stereocenters. The van der Waals surface area contributed by atoms with Crippen LogP contribution in [0.4, 0.5) is 5.69 Å². The van der Waals surface area contributed by atoms with Crippen molar-refractivity contribution in [3.63, 3.8) is 0 Å². The summed E-state index contributed by atoms with van der Waals surface area (Å²) in [6.45, 7) is 8.77. The Morgan fingerprint density at radius 3 is 1.69 bits per heavy atom. The second-order valence-corrected chi connectivity index (χ2v) is 10.3. The summed E-state index contributed by atoms with van der Waals surface area (Å²) in [6.07, 6.45) is -1.03. The minimum absolute atomic E-state index is 0.00968. The lowest BCUT2D eigenvalue weighted by Gasteiger charge is -2.25. The zero-order valence-electron chi connectivity index (χ0n) is 17.7. The molecule has 11 heteroatoms. The predicted octanol–water partition coefficient (Wildman–Crippen LogP) is 0.821. The number of anilines is 1. The average Bonchev–Trinajstić information content (AvgIpc) is 2.67. The zero-order chi connectivity index (χ0) is 22.4. The molecule has 29 heavy (non-hydrogen) atoms. The molecule has 0 bridgehead atoms. The molecule has 0 saturated heterocycles. The third-order valence-electron chi connectivity index (χ3n) is 4.68. The van der Waals surface area contributed by atoms with Crippen molar-refractivity contribution in [3.05, 3.63) is 17.7 Å². The summed E-state index contributed by atoms with van der Waals surface area (Å²) in [5.74, 6) is 0. The van der Waals surface area contributed by atoms with E-state index in [4.69, 9.17) is 5.11 Å². The van der Waals surface area contributed by atoms with Crippen LogP contribution in [-0.2, 0) is 20.0 Å². The number of aryl methyl sites for hydroxylation is 1. The van der Waals surface area contributed by atoms with Gasteiger partial charge in [0, 0.05) is 38.4 Å². The van der Waals surface area contributed by atoms with Gasteiger partial charge in [0.05, 0.1) is 12.7 Å². The van der Waals surface area contributed by atoms with E-state index in [2.05, 4.69) is 5.32 Å². The fourth-order valence-corrected chi connectivity index (χ4v) is 6.72. The van der Waals surface area contributed by atoms with E-state index in [-0.39, 0.29) is 42.5 Å². The Morgan fingerprint density at radius 1 is 0.897 bits per heavy atom. The van der Waals surface area contributed by atoms with E-state index in [1.807, 2.05) is 0 Å². The third-order valence-corrected chi connectivity index (χ3v) is 8.98. The number of nitrogens with zero attached hydrogens (tertiary/aromatic N) is 2. The minimum atomic E-state index is -4.07. The molecule has 0 aromatic heterocycles. The summed E-state index contributed by atoms with van der Waals surface area (Å²) in [4.78, 5) is -0.571. The molecule has 0 aliphatic carbocycles. The number of sulfonamides is 2. The molecular weight excluding hydrogens is 418 g/mol. The highest BCUT2D eigenvalue weighted by molar-refractivity contribution is 7.92. The summed E-state index contributed by atoms with van der Waals surface area (Å²) in [6, 6.07) is 2.64. The number of aliphatic hydroxyl groups is 2. The van der Waals surface area contributed by atoms with Gasteiger partial charge in [-0.15, -0.1) is 0 Å². The van der Waals surface area contributed by atoms with Crippen LogP contribution in [0.15, 0.2) is 21.9 Å². The fraction of sp³-hybridized carbons (Fsp3) is 0.667. The SMILES string of the molecule is CCN(CC)S(=O)(=O)c1cc(C)c(NCC(O)CO)cc1S(=O)(=O)N(CC)CC. The topological polar surface area (TPSA) is 127 Å². The van der Waals surface area contributed by atoms with Crippen LogP contribution in [0, 0.1) is 6.92 Å². The summed E-state index contributed by atoms with van der Waals surface area (Å²) >= 11 is 0. The number of rotatable bonds is 12. The lowest BCUT2D eigenvalue weighted by atomic mass is 10.2. The largest absolute Gasteiger partial charge is 0.394 e. The van der Waals surface area contributed by atoms with E-state index in [0.29, 0.717) is 11.3 Å². The second-order valence-electron chi connectivity index (χ2n) is 6.51. The van der Waals surface area contributed by atoms with Crippen molar-refractivity contribution in [1.29, 1.82) is 0 Å². The van der Waals surface area contributed by atoms with Crippen LogP contribution < -0.4 is 5.32 Å². The van der Waals surface area contributed by atoms with Gasteiger partial charge in [-0.3, -0.25) is 0 Å². The van der Waals surface area contributed by atoms with Crippen LogP contribution in [0.1, 0.15) is 33.3 Å². The Balaban J connectivity index is 3.74. The summed E-state index contributed by atoms with van der Waals surface area (Å²) in [7, 11) is -8.10. The first-order valence-electron chi connectivity index (χ1n) is 9.68. The average molecular weight is 452 g/mol. The maximum Gasteiger partial charge on any atom is 0.244 e. The summed E-state index contributed by atoms with van der Waals surface area (Å²) in [5, 5.41) is 21.5. The van der Waals surface area contributed by atoms with Gasteiger partial charge in [-0.05, 0) is 24.6 Å². The van der Waals surface area contributed by atoms with E-state index >= 15 is 0 Å². The van der Waals surface area contributed by atoms with Gasteiger partial charge in [0.2, 0.25) is 20.0 Å². The normalized spacial score (nSPS) is 13.8. The molecule has 0 amide bonds. The third kappa shape index (κ3) is 5.68. The molecule has 168 valence electrons. The molecule has 0 radical (unpaired) electrons. The van der Waals surface area contributed by atoms with Crippen LogP contribution in [0.3, 0.4) is 0 Å². The van der Waals surface area contributed by atoms with Gasteiger partial charge in [0.25, 0.3) is 0 Å². The first-order chi connectivity index (χ1) is 13.5. The van der Waals surface area contributed by atoms with Crippen molar-refractivity contribution >= 4 is 25.7 Å². The Kier molecular flexibility index (Phi) is 9.51. The van der Waals surface area contributed by atoms with Crippen LogP contribution in [0.25, 0.3) is 0 Å². The van der Waals surface area contributed by atoms with E-state index in [1.165, 1.54) is 20.7 Å². The van der Waals surface area contributed by atoms with Crippen molar-refractivity contribution in [2.24, 2.45) is 0 Å². The number of hydrogen-bond donors (Lipinski definition) is 3. The highest BCUT2D eigenvalue weighted by Gasteiger charge is 2.33. The standard InChI is InChI=1S/C18H33N3O6S2/c1-6-20(7-2)28(24,25)17-10-14(5)16(19-12-15(23)13-22)11-18(17)29(26,27)21(8-3)9-4/h10-11,15,19,22-23H,6-9,12-13H2,1-5H3. The first kappa shape index (κ1) is 25.8. The van der Waals surface area contributed by atoms with Crippen molar-refractivity contribution in [1.82, 2.24) is 8.61 Å². The van der Waals surface area contributed by atoms with Gasteiger partial charge in [-0.2, -0.15) is 8.61 Å². The fourth-order valence-electron chi connectivity index (χ4n) is 2.95. The molecule has 1 aromatic carbocycles. The smallest absolute Gasteiger partial charge is 0.244 e. The van der Waals surface area contributed by atoms with Gasteiger partial charge in [0.1, 0.15) is 9.79 Å². The number of benzene rings is 1. The molecule has 0 fully saturated rings. The number of aliphatic hydroxyl groups excluding tert-OH is 2.